The number of rotatable bonds is 7. The summed E-state index contributed by atoms with van der Waals surface area (Å²) in [7, 11) is 0. The minimum atomic E-state index is 0.758. The second-order valence-corrected chi connectivity index (χ2v) is 4.34. The summed E-state index contributed by atoms with van der Waals surface area (Å²) in [5.41, 5.74) is 5.57. The van der Waals surface area contributed by atoms with E-state index >= 15 is 0 Å². The zero-order valence-electron chi connectivity index (χ0n) is 9.97. The van der Waals surface area contributed by atoms with Crippen molar-refractivity contribution in [3.8, 4) is 0 Å². The summed E-state index contributed by atoms with van der Waals surface area (Å²) in [5, 5.41) is 4.20. The number of nitrogens with two attached hydrogens (primary N) is 1. The van der Waals surface area contributed by atoms with E-state index in [0.717, 1.165) is 44.5 Å². The number of hydrogen-bond donors (Lipinski definition) is 1. The predicted octanol–water partition coefficient (Wildman–Crippen LogP) is 0.611. The quantitative estimate of drug-likeness (QED) is 0.736. The Hall–Kier alpha value is -0.940. The van der Waals surface area contributed by atoms with Gasteiger partial charge in [0.25, 0.3) is 0 Å². The normalized spacial score (nSPS) is 15.9. The van der Waals surface area contributed by atoms with Crippen LogP contribution in [-0.4, -0.2) is 38.8 Å². The van der Waals surface area contributed by atoms with Crippen LogP contribution in [0.1, 0.15) is 32.0 Å². The summed E-state index contributed by atoms with van der Waals surface area (Å²) in [4.78, 5) is 6.81. The van der Waals surface area contributed by atoms with E-state index in [2.05, 4.69) is 21.9 Å². The van der Waals surface area contributed by atoms with E-state index in [1.807, 2.05) is 4.68 Å². The number of aryl methyl sites for hydroxylation is 1. The maximum atomic E-state index is 5.57. The van der Waals surface area contributed by atoms with Crippen molar-refractivity contribution in [3.63, 3.8) is 0 Å². The lowest BCUT2D eigenvalue weighted by molar-refractivity contribution is 0.242. The fourth-order valence-electron chi connectivity index (χ4n) is 1.98. The minimum absolute atomic E-state index is 0.758. The van der Waals surface area contributed by atoms with E-state index in [4.69, 9.17) is 5.73 Å². The molecule has 1 aromatic rings. The van der Waals surface area contributed by atoms with Crippen LogP contribution in [0, 0.1) is 0 Å². The molecule has 0 bridgehead atoms. The van der Waals surface area contributed by atoms with Crippen LogP contribution in [0.25, 0.3) is 0 Å². The summed E-state index contributed by atoms with van der Waals surface area (Å²) in [6.45, 7) is 5.75. The van der Waals surface area contributed by atoms with Crippen molar-refractivity contribution >= 4 is 0 Å². The highest BCUT2D eigenvalue weighted by atomic mass is 15.3. The topological polar surface area (TPSA) is 60.0 Å². The lowest BCUT2D eigenvalue weighted by Crippen LogP contribution is -2.29. The Morgan fingerprint density at radius 1 is 1.56 bits per heavy atom. The van der Waals surface area contributed by atoms with Crippen LogP contribution < -0.4 is 5.73 Å². The van der Waals surface area contributed by atoms with Crippen LogP contribution >= 0.6 is 0 Å². The Labute approximate surface area is 96.6 Å². The van der Waals surface area contributed by atoms with Crippen LogP contribution in [0.5, 0.6) is 0 Å². The average Bonchev–Trinajstić information content (AvgIpc) is 3.05. The molecule has 1 heterocycles. The van der Waals surface area contributed by atoms with Crippen molar-refractivity contribution < 1.29 is 0 Å². The maximum Gasteiger partial charge on any atom is 0.141 e. The first-order valence-corrected chi connectivity index (χ1v) is 6.16. The third-order valence-electron chi connectivity index (χ3n) is 3.05. The molecule has 1 saturated carbocycles. The zero-order valence-corrected chi connectivity index (χ0v) is 9.97. The van der Waals surface area contributed by atoms with Gasteiger partial charge in [-0.2, -0.15) is 5.10 Å². The molecule has 0 radical (unpaired) electrons. The van der Waals surface area contributed by atoms with E-state index in [-0.39, 0.29) is 0 Å². The third kappa shape index (κ3) is 2.80. The molecule has 0 spiro atoms. The van der Waals surface area contributed by atoms with Crippen LogP contribution in [0.3, 0.4) is 0 Å². The van der Waals surface area contributed by atoms with Crippen molar-refractivity contribution in [3.05, 3.63) is 12.2 Å². The molecule has 1 aliphatic rings. The molecule has 0 amide bonds. The Bertz CT molecular complexity index is 318. The maximum absolute atomic E-state index is 5.57. The van der Waals surface area contributed by atoms with Gasteiger partial charge < -0.3 is 5.73 Å². The highest BCUT2D eigenvalue weighted by Crippen LogP contribution is 2.27. The van der Waals surface area contributed by atoms with Crippen LogP contribution in [0.4, 0.5) is 0 Å². The molecule has 5 nitrogen and oxygen atoms in total. The van der Waals surface area contributed by atoms with Gasteiger partial charge in [0, 0.05) is 19.1 Å². The lowest BCUT2D eigenvalue weighted by Gasteiger charge is -2.21. The van der Waals surface area contributed by atoms with Gasteiger partial charge in [-0.1, -0.05) is 0 Å². The third-order valence-corrected chi connectivity index (χ3v) is 3.05. The monoisotopic (exact) mass is 223 g/mol. The molecule has 2 rings (SSSR count). The molecule has 90 valence electrons. The molecule has 5 heteroatoms. The number of nitrogens with zero attached hydrogens (tertiary/aromatic N) is 4. The summed E-state index contributed by atoms with van der Waals surface area (Å²) < 4.78 is 1.97. The van der Waals surface area contributed by atoms with Gasteiger partial charge >= 0.3 is 0 Å². The zero-order chi connectivity index (χ0) is 11.4. The number of aromatic nitrogens is 3. The van der Waals surface area contributed by atoms with Crippen molar-refractivity contribution in [2.75, 3.05) is 13.1 Å². The summed E-state index contributed by atoms with van der Waals surface area (Å²) in [6.07, 6.45) is 5.36. The van der Waals surface area contributed by atoms with Gasteiger partial charge in [0.1, 0.15) is 12.2 Å². The molecule has 2 N–H and O–H groups in total. The van der Waals surface area contributed by atoms with Gasteiger partial charge in [-0.25, -0.2) is 9.67 Å². The van der Waals surface area contributed by atoms with Gasteiger partial charge in [-0.15, -0.1) is 0 Å². The fourth-order valence-corrected chi connectivity index (χ4v) is 1.98. The molecule has 16 heavy (non-hydrogen) atoms. The van der Waals surface area contributed by atoms with Crippen molar-refractivity contribution in [1.82, 2.24) is 19.7 Å². The molecule has 1 fully saturated rings. The highest BCUT2D eigenvalue weighted by Gasteiger charge is 2.29. The van der Waals surface area contributed by atoms with Gasteiger partial charge in [-0.3, -0.25) is 4.90 Å². The highest BCUT2D eigenvalue weighted by molar-refractivity contribution is 4.91. The van der Waals surface area contributed by atoms with Gasteiger partial charge in [0.15, 0.2) is 0 Å². The first-order valence-electron chi connectivity index (χ1n) is 6.16. The van der Waals surface area contributed by atoms with E-state index in [1.54, 1.807) is 6.33 Å². The standard InChI is InChI=1S/C11H21N5/c1-2-16-11(13-9-14-16)8-15(7-3-6-12)10-4-5-10/h9-10H,2-8,12H2,1H3. The minimum Gasteiger partial charge on any atom is -0.330 e. The van der Waals surface area contributed by atoms with E-state index in [9.17, 15) is 0 Å². The first kappa shape index (κ1) is 11.5. The Morgan fingerprint density at radius 3 is 3.00 bits per heavy atom. The van der Waals surface area contributed by atoms with Gasteiger partial charge in [0.05, 0.1) is 6.54 Å². The molecule has 0 saturated heterocycles. The Balaban J connectivity index is 1.94. The van der Waals surface area contributed by atoms with E-state index in [0.29, 0.717) is 0 Å². The largest absolute Gasteiger partial charge is 0.330 e. The molecule has 0 unspecified atom stereocenters. The summed E-state index contributed by atoms with van der Waals surface area (Å²) in [6, 6.07) is 0.758. The van der Waals surface area contributed by atoms with Gasteiger partial charge in [0.2, 0.25) is 0 Å². The predicted molar refractivity (Wildman–Crippen MR) is 62.8 cm³/mol. The fraction of sp³-hybridized carbons (Fsp3) is 0.818. The van der Waals surface area contributed by atoms with Crippen molar-refractivity contribution in [2.45, 2.75) is 45.3 Å². The van der Waals surface area contributed by atoms with Gasteiger partial charge in [-0.05, 0) is 32.7 Å². The van der Waals surface area contributed by atoms with Crippen LogP contribution in [0.2, 0.25) is 0 Å². The molecule has 1 aromatic heterocycles. The Morgan fingerprint density at radius 2 is 2.38 bits per heavy atom. The molecule has 0 aliphatic heterocycles. The molecular formula is C11H21N5. The molecular weight excluding hydrogens is 202 g/mol. The lowest BCUT2D eigenvalue weighted by atomic mass is 10.3. The van der Waals surface area contributed by atoms with Crippen LogP contribution in [0.15, 0.2) is 6.33 Å². The molecule has 0 aromatic carbocycles. The molecule has 0 atom stereocenters. The summed E-state index contributed by atoms with van der Waals surface area (Å²) >= 11 is 0. The smallest absolute Gasteiger partial charge is 0.141 e. The average molecular weight is 223 g/mol. The van der Waals surface area contributed by atoms with E-state index in [1.165, 1.54) is 12.8 Å². The van der Waals surface area contributed by atoms with Crippen molar-refractivity contribution in [1.29, 1.82) is 0 Å². The second kappa shape index (κ2) is 5.41. The Kier molecular flexibility index (Phi) is 3.90. The first-order chi connectivity index (χ1) is 7.85. The SMILES string of the molecule is CCn1ncnc1CN(CCCN)C1CC1. The van der Waals surface area contributed by atoms with Crippen LogP contribution in [-0.2, 0) is 13.1 Å². The van der Waals surface area contributed by atoms with E-state index < -0.39 is 0 Å². The molecule has 1 aliphatic carbocycles. The summed E-state index contributed by atoms with van der Waals surface area (Å²) in [5.74, 6) is 1.08. The second-order valence-electron chi connectivity index (χ2n) is 4.34. The van der Waals surface area contributed by atoms with Crippen molar-refractivity contribution in [2.24, 2.45) is 5.73 Å². The number of hydrogen-bond acceptors (Lipinski definition) is 4.